The van der Waals surface area contributed by atoms with E-state index in [4.69, 9.17) is 0 Å². The largest absolute Gasteiger partial charge is 0.390 e. The zero-order valence-corrected chi connectivity index (χ0v) is 19.3. The molecule has 4 aliphatic carbocycles. The standard InChI is InChI=1S/C23H31FO3S2/c1-5-28-23(29-6-2)18(26)12-17-16-8-7-14-11-15(25)9-10-20(14,3)22(16,24)19(27)13-21(17,23)4/h9-11,16-17,19,27H,5-8,12-13H2,1-4H3/t16-,17-,19-,20-,21-,22?/m0/s1. The van der Waals surface area contributed by atoms with Crippen molar-refractivity contribution in [1.29, 1.82) is 0 Å². The fourth-order valence-electron chi connectivity index (χ4n) is 6.91. The van der Waals surface area contributed by atoms with Crippen molar-refractivity contribution in [2.75, 3.05) is 11.5 Å². The van der Waals surface area contributed by atoms with Crippen molar-refractivity contribution in [3.05, 3.63) is 23.8 Å². The smallest absolute Gasteiger partial charge is 0.178 e. The van der Waals surface area contributed by atoms with Gasteiger partial charge in [-0.25, -0.2) is 4.39 Å². The number of carbonyl (C=O) groups is 2. The molecule has 0 heterocycles. The van der Waals surface area contributed by atoms with E-state index in [0.29, 0.717) is 19.3 Å². The van der Waals surface area contributed by atoms with E-state index in [1.54, 1.807) is 35.7 Å². The Hall–Kier alpha value is -0.590. The SMILES string of the molecule is CCSC1(SCC)C(=O)C[C@H]2[C@@H]3CCC4=CC(=O)C=C[C@]4(C)C3(F)[C@@H](O)C[C@@]21C. The van der Waals surface area contributed by atoms with Crippen LogP contribution < -0.4 is 0 Å². The molecule has 4 aliphatic rings. The molecule has 160 valence electrons. The summed E-state index contributed by atoms with van der Waals surface area (Å²) in [6.45, 7) is 8.07. The summed E-state index contributed by atoms with van der Waals surface area (Å²) in [5, 5.41) is 11.4. The highest BCUT2D eigenvalue weighted by atomic mass is 32.2. The van der Waals surface area contributed by atoms with E-state index in [1.165, 1.54) is 6.08 Å². The van der Waals surface area contributed by atoms with Crippen LogP contribution >= 0.6 is 23.5 Å². The number of allylic oxidation sites excluding steroid dienone is 4. The van der Waals surface area contributed by atoms with Gasteiger partial charge in [0.1, 0.15) is 4.08 Å². The number of hydrogen-bond acceptors (Lipinski definition) is 5. The minimum absolute atomic E-state index is 0.0918. The summed E-state index contributed by atoms with van der Waals surface area (Å²) in [5.74, 6) is 1.25. The Morgan fingerprint density at radius 1 is 1.17 bits per heavy atom. The molecule has 0 aromatic rings. The van der Waals surface area contributed by atoms with Crippen molar-refractivity contribution in [1.82, 2.24) is 0 Å². The predicted octanol–water partition coefficient (Wildman–Crippen LogP) is 4.74. The molecule has 0 aliphatic heterocycles. The molecular weight excluding hydrogens is 407 g/mol. The fourth-order valence-corrected chi connectivity index (χ4v) is 10.4. The van der Waals surface area contributed by atoms with E-state index in [0.717, 1.165) is 17.1 Å². The van der Waals surface area contributed by atoms with Crippen LogP contribution in [0.4, 0.5) is 4.39 Å². The predicted molar refractivity (Wildman–Crippen MR) is 118 cm³/mol. The number of halogens is 1. The molecule has 1 N–H and O–H groups in total. The number of carbonyl (C=O) groups excluding carboxylic acids is 2. The minimum atomic E-state index is -1.86. The van der Waals surface area contributed by atoms with Crippen molar-refractivity contribution in [3.8, 4) is 0 Å². The lowest BCUT2D eigenvalue weighted by atomic mass is 9.46. The van der Waals surface area contributed by atoms with Crippen LogP contribution in [0.15, 0.2) is 23.8 Å². The number of rotatable bonds is 4. The van der Waals surface area contributed by atoms with Gasteiger partial charge in [0.25, 0.3) is 0 Å². The first-order valence-electron chi connectivity index (χ1n) is 10.7. The lowest BCUT2D eigenvalue weighted by Gasteiger charge is -2.62. The average molecular weight is 439 g/mol. The van der Waals surface area contributed by atoms with E-state index in [2.05, 4.69) is 20.8 Å². The first-order valence-corrected chi connectivity index (χ1v) is 12.7. The van der Waals surface area contributed by atoms with Gasteiger partial charge in [0.05, 0.1) is 6.10 Å². The van der Waals surface area contributed by atoms with Crippen molar-refractivity contribution < 1.29 is 19.1 Å². The Labute approximate surface area is 181 Å². The number of fused-ring (bicyclic) bond motifs is 5. The van der Waals surface area contributed by atoms with Gasteiger partial charge in [-0.05, 0) is 55.8 Å². The molecule has 0 aromatic heterocycles. The second kappa shape index (κ2) is 6.96. The number of aliphatic hydroxyl groups is 1. The maximum atomic E-state index is 17.0. The average Bonchev–Trinajstić information content (AvgIpc) is 2.86. The molecule has 6 heteroatoms. The molecule has 1 unspecified atom stereocenters. The lowest BCUT2D eigenvalue weighted by molar-refractivity contribution is -0.189. The van der Waals surface area contributed by atoms with Gasteiger partial charge >= 0.3 is 0 Å². The third kappa shape index (κ3) is 2.54. The first kappa shape index (κ1) is 21.6. The first-order chi connectivity index (χ1) is 13.6. The van der Waals surface area contributed by atoms with Gasteiger partial charge in [-0.15, -0.1) is 23.5 Å². The Bertz CT molecular complexity index is 802. The maximum absolute atomic E-state index is 17.0. The van der Waals surface area contributed by atoms with Crippen molar-refractivity contribution in [2.45, 2.75) is 69.2 Å². The summed E-state index contributed by atoms with van der Waals surface area (Å²) in [4.78, 5) is 25.3. The Morgan fingerprint density at radius 2 is 1.83 bits per heavy atom. The molecule has 0 amide bonds. The van der Waals surface area contributed by atoms with Crippen molar-refractivity contribution >= 4 is 35.1 Å². The molecule has 3 nitrogen and oxygen atoms in total. The van der Waals surface area contributed by atoms with Crippen molar-refractivity contribution in [2.24, 2.45) is 22.7 Å². The fraction of sp³-hybridized carbons (Fsp3) is 0.739. The van der Waals surface area contributed by atoms with Gasteiger partial charge in [-0.2, -0.15) is 0 Å². The molecule has 3 saturated carbocycles. The van der Waals surface area contributed by atoms with Crippen LogP contribution in [0, 0.1) is 22.7 Å². The lowest BCUT2D eigenvalue weighted by Crippen LogP contribution is -2.67. The van der Waals surface area contributed by atoms with E-state index in [-0.39, 0.29) is 23.9 Å². The summed E-state index contributed by atoms with van der Waals surface area (Å²) in [5.41, 5.74) is -2.51. The molecule has 0 saturated heterocycles. The number of thioether (sulfide) groups is 2. The van der Waals surface area contributed by atoms with E-state index in [1.807, 2.05) is 6.92 Å². The van der Waals surface area contributed by atoms with Crippen LogP contribution in [0.5, 0.6) is 0 Å². The summed E-state index contributed by atoms with van der Waals surface area (Å²) >= 11 is 3.35. The number of hydrogen-bond donors (Lipinski definition) is 1. The quantitative estimate of drug-likeness (QED) is 0.643. The minimum Gasteiger partial charge on any atom is -0.390 e. The second-order valence-electron chi connectivity index (χ2n) is 9.37. The highest BCUT2D eigenvalue weighted by molar-refractivity contribution is 8.19. The van der Waals surface area contributed by atoms with Gasteiger partial charge < -0.3 is 5.11 Å². The molecule has 6 atom stereocenters. The molecule has 0 spiro atoms. The van der Waals surface area contributed by atoms with Crippen LogP contribution in [0.1, 0.15) is 53.4 Å². The third-order valence-electron chi connectivity index (χ3n) is 8.25. The van der Waals surface area contributed by atoms with Gasteiger partial charge in [0, 0.05) is 23.2 Å². The molecule has 0 bridgehead atoms. The molecular formula is C23H31FO3S2. The summed E-state index contributed by atoms with van der Waals surface area (Å²) in [6.07, 6.45) is 5.39. The number of aliphatic hydroxyl groups excluding tert-OH is 1. The molecule has 4 rings (SSSR count). The maximum Gasteiger partial charge on any atom is 0.178 e. The summed E-state index contributed by atoms with van der Waals surface area (Å²) in [6, 6.07) is 0. The van der Waals surface area contributed by atoms with Gasteiger partial charge in [0.15, 0.2) is 17.2 Å². The molecule has 29 heavy (non-hydrogen) atoms. The van der Waals surface area contributed by atoms with Gasteiger partial charge in [-0.3, -0.25) is 9.59 Å². The second-order valence-corrected chi connectivity index (χ2v) is 12.6. The van der Waals surface area contributed by atoms with Crippen LogP contribution in [-0.2, 0) is 9.59 Å². The summed E-state index contributed by atoms with van der Waals surface area (Å²) < 4.78 is 16.4. The topological polar surface area (TPSA) is 54.4 Å². The monoisotopic (exact) mass is 438 g/mol. The van der Waals surface area contributed by atoms with Crippen LogP contribution in [0.2, 0.25) is 0 Å². The zero-order valence-electron chi connectivity index (χ0n) is 17.7. The Balaban J connectivity index is 1.83. The Kier molecular flexibility index (Phi) is 5.19. The number of Topliss-reactive ketones (excluding diaryl/α,β-unsaturated/α-hetero) is 1. The van der Waals surface area contributed by atoms with Crippen LogP contribution in [0.3, 0.4) is 0 Å². The molecule has 3 fully saturated rings. The Morgan fingerprint density at radius 3 is 2.45 bits per heavy atom. The van der Waals surface area contributed by atoms with Crippen LogP contribution in [-0.4, -0.2) is 44.0 Å². The van der Waals surface area contributed by atoms with E-state index >= 15 is 4.39 Å². The van der Waals surface area contributed by atoms with Gasteiger partial charge in [-0.1, -0.05) is 32.4 Å². The zero-order chi connectivity index (χ0) is 21.2. The van der Waals surface area contributed by atoms with E-state index < -0.39 is 32.6 Å². The molecule has 0 aromatic carbocycles. The number of ketones is 2. The molecule has 0 radical (unpaired) electrons. The van der Waals surface area contributed by atoms with Crippen molar-refractivity contribution in [3.63, 3.8) is 0 Å². The number of alkyl halides is 1. The van der Waals surface area contributed by atoms with Gasteiger partial charge in [0.2, 0.25) is 0 Å². The van der Waals surface area contributed by atoms with E-state index in [9.17, 15) is 14.7 Å². The summed E-state index contributed by atoms with van der Waals surface area (Å²) in [7, 11) is 0. The normalized spacial score (nSPS) is 45.4. The highest BCUT2D eigenvalue weighted by Gasteiger charge is 2.75. The third-order valence-corrected chi connectivity index (χ3v) is 11.7. The highest BCUT2D eigenvalue weighted by Crippen LogP contribution is 2.72. The van der Waals surface area contributed by atoms with Crippen LogP contribution in [0.25, 0.3) is 0 Å².